The first-order chi connectivity index (χ1) is 3.30. The largest absolute Gasteiger partial charge is 0.412 e. The van der Waals surface area contributed by atoms with E-state index < -0.39 is 0 Å². The number of aromatic nitrogens is 2. The van der Waals surface area contributed by atoms with Crippen LogP contribution in [0.25, 0.3) is 0 Å². The molecule has 8 heavy (non-hydrogen) atoms. The van der Waals surface area contributed by atoms with Gasteiger partial charge in [0.25, 0.3) is 0 Å². The number of nitrogens with one attached hydrogen (secondary N) is 1. The van der Waals surface area contributed by atoms with Gasteiger partial charge in [-0.25, -0.2) is 0 Å². The Balaban J connectivity index is 0.000000490. The summed E-state index contributed by atoms with van der Waals surface area (Å²) in [6.07, 6.45) is 1.81. The molecule has 3 heteroatoms. The van der Waals surface area contributed by atoms with Gasteiger partial charge in [-0.3, -0.25) is 5.10 Å². The highest BCUT2D eigenvalue weighted by Gasteiger charge is 1.87. The van der Waals surface area contributed by atoms with Crippen molar-refractivity contribution in [3.05, 3.63) is 17.5 Å². The second-order valence-electron chi connectivity index (χ2n) is 1.68. The average Bonchev–Trinajstić information content (AvgIpc) is 1.91. The van der Waals surface area contributed by atoms with E-state index in [2.05, 4.69) is 10.2 Å². The molecule has 0 saturated heterocycles. The number of aryl methyl sites for hydroxylation is 2. The Bertz CT molecular complexity index is 143. The number of H-pyrrole nitrogens is 1. The lowest BCUT2D eigenvalue weighted by Crippen LogP contribution is -1.70. The van der Waals surface area contributed by atoms with Crippen molar-refractivity contribution in [2.45, 2.75) is 13.8 Å². The fourth-order valence-electron chi connectivity index (χ4n) is 0.411. The molecule has 46 valence electrons. The third-order valence-electron chi connectivity index (χ3n) is 1.08. The van der Waals surface area contributed by atoms with Crippen LogP contribution in [0, 0.1) is 13.8 Å². The van der Waals surface area contributed by atoms with E-state index in [0.29, 0.717) is 0 Å². The molecular weight excluding hydrogens is 104 g/mol. The van der Waals surface area contributed by atoms with E-state index in [4.69, 9.17) is 0 Å². The summed E-state index contributed by atoms with van der Waals surface area (Å²) in [5.74, 6) is 0. The Labute approximate surface area is 48.0 Å². The van der Waals surface area contributed by atoms with Crippen LogP contribution in [-0.4, -0.2) is 15.7 Å². The zero-order valence-electron chi connectivity index (χ0n) is 5.02. The molecule has 0 aliphatic rings. The maximum atomic E-state index is 3.80. The molecule has 1 aromatic heterocycles. The maximum Gasteiger partial charge on any atom is 0.0519 e. The van der Waals surface area contributed by atoms with Crippen molar-refractivity contribution in [3.63, 3.8) is 0 Å². The number of rotatable bonds is 0. The second-order valence-corrected chi connectivity index (χ2v) is 1.68. The van der Waals surface area contributed by atoms with E-state index in [1.165, 1.54) is 5.56 Å². The molecular formula is C5H10N2O. The predicted molar refractivity (Wildman–Crippen MR) is 31.7 cm³/mol. The van der Waals surface area contributed by atoms with Gasteiger partial charge in [0.2, 0.25) is 0 Å². The van der Waals surface area contributed by atoms with Crippen LogP contribution in [0.3, 0.4) is 0 Å². The van der Waals surface area contributed by atoms with Crippen LogP contribution in [0.5, 0.6) is 0 Å². The summed E-state index contributed by atoms with van der Waals surface area (Å²) < 4.78 is 0. The average molecular weight is 114 g/mol. The zero-order chi connectivity index (χ0) is 5.28. The van der Waals surface area contributed by atoms with Crippen molar-refractivity contribution in [2.24, 2.45) is 0 Å². The Morgan fingerprint density at radius 3 is 2.25 bits per heavy atom. The van der Waals surface area contributed by atoms with Crippen molar-refractivity contribution in [3.8, 4) is 0 Å². The summed E-state index contributed by atoms with van der Waals surface area (Å²) in [4.78, 5) is 0. The second kappa shape index (κ2) is 2.47. The molecule has 0 aliphatic heterocycles. The lowest BCUT2D eigenvalue weighted by Gasteiger charge is -1.78. The van der Waals surface area contributed by atoms with E-state index in [9.17, 15) is 0 Å². The van der Waals surface area contributed by atoms with Gasteiger partial charge in [-0.1, -0.05) is 0 Å². The lowest BCUT2D eigenvalue weighted by atomic mass is 10.3. The first kappa shape index (κ1) is 7.17. The van der Waals surface area contributed by atoms with Gasteiger partial charge in [0.1, 0.15) is 0 Å². The monoisotopic (exact) mass is 114 g/mol. The SMILES string of the molecule is Cc1cn[nH]c1C.O. The molecule has 3 N–H and O–H groups in total. The van der Waals surface area contributed by atoms with Gasteiger partial charge in [0, 0.05) is 5.69 Å². The molecule has 1 rings (SSSR count). The van der Waals surface area contributed by atoms with Crippen LogP contribution in [0.15, 0.2) is 6.20 Å². The van der Waals surface area contributed by atoms with Gasteiger partial charge in [0.05, 0.1) is 6.20 Å². The van der Waals surface area contributed by atoms with E-state index in [1.807, 2.05) is 20.0 Å². The molecule has 0 amide bonds. The molecule has 0 bridgehead atoms. The number of hydrogen-bond donors (Lipinski definition) is 1. The van der Waals surface area contributed by atoms with Crippen LogP contribution < -0.4 is 0 Å². The Morgan fingerprint density at radius 1 is 1.50 bits per heavy atom. The van der Waals surface area contributed by atoms with Crippen molar-refractivity contribution < 1.29 is 5.48 Å². The van der Waals surface area contributed by atoms with Gasteiger partial charge in [0.15, 0.2) is 0 Å². The molecule has 0 atom stereocenters. The minimum absolute atomic E-state index is 0. The topological polar surface area (TPSA) is 60.2 Å². The van der Waals surface area contributed by atoms with Crippen molar-refractivity contribution in [1.29, 1.82) is 0 Å². The summed E-state index contributed by atoms with van der Waals surface area (Å²) in [5, 5.41) is 6.61. The Hall–Kier alpha value is -0.830. The van der Waals surface area contributed by atoms with Crippen molar-refractivity contribution >= 4 is 0 Å². The van der Waals surface area contributed by atoms with Crippen LogP contribution in [0.2, 0.25) is 0 Å². The smallest absolute Gasteiger partial charge is 0.0519 e. The Morgan fingerprint density at radius 2 is 2.12 bits per heavy atom. The van der Waals surface area contributed by atoms with Gasteiger partial charge in [-0.15, -0.1) is 0 Å². The van der Waals surface area contributed by atoms with E-state index in [0.717, 1.165) is 5.69 Å². The van der Waals surface area contributed by atoms with E-state index in [-0.39, 0.29) is 5.48 Å². The predicted octanol–water partition coefficient (Wildman–Crippen LogP) is 0.202. The third-order valence-corrected chi connectivity index (χ3v) is 1.08. The van der Waals surface area contributed by atoms with Crippen molar-refractivity contribution in [1.82, 2.24) is 10.2 Å². The molecule has 0 radical (unpaired) electrons. The van der Waals surface area contributed by atoms with Crippen molar-refractivity contribution in [2.75, 3.05) is 0 Å². The summed E-state index contributed by atoms with van der Waals surface area (Å²) in [6.45, 7) is 4.03. The van der Waals surface area contributed by atoms with Crippen LogP contribution >= 0.6 is 0 Å². The molecule has 1 heterocycles. The van der Waals surface area contributed by atoms with Gasteiger partial charge >= 0.3 is 0 Å². The third kappa shape index (κ3) is 1.07. The summed E-state index contributed by atoms with van der Waals surface area (Å²) in [7, 11) is 0. The maximum absolute atomic E-state index is 3.80. The molecule has 0 saturated carbocycles. The van der Waals surface area contributed by atoms with Crippen LogP contribution in [0.1, 0.15) is 11.3 Å². The highest BCUT2D eigenvalue weighted by Crippen LogP contribution is 1.96. The van der Waals surface area contributed by atoms with E-state index in [1.54, 1.807) is 0 Å². The quantitative estimate of drug-likeness (QED) is 0.514. The fraction of sp³-hybridized carbons (Fsp3) is 0.400. The first-order valence-corrected chi connectivity index (χ1v) is 2.27. The number of hydrogen-bond acceptors (Lipinski definition) is 1. The summed E-state index contributed by atoms with van der Waals surface area (Å²) in [5.41, 5.74) is 2.38. The zero-order valence-corrected chi connectivity index (χ0v) is 5.02. The number of nitrogens with zero attached hydrogens (tertiary/aromatic N) is 1. The summed E-state index contributed by atoms with van der Waals surface area (Å²) >= 11 is 0. The highest BCUT2D eigenvalue weighted by atomic mass is 16.0. The van der Waals surface area contributed by atoms with Crippen LogP contribution in [0.4, 0.5) is 0 Å². The standard InChI is InChI=1S/C5H8N2.H2O/c1-4-3-6-7-5(4)2;/h3H,1-2H3,(H,6,7);1H2. The minimum Gasteiger partial charge on any atom is -0.412 e. The molecule has 0 aliphatic carbocycles. The molecule has 1 aromatic rings. The lowest BCUT2D eigenvalue weighted by molar-refractivity contribution is 0.824. The number of aromatic amines is 1. The fourth-order valence-corrected chi connectivity index (χ4v) is 0.411. The van der Waals surface area contributed by atoms with Crippen LogP contribution in [-0.2, 0) is 0 Å². The Kier molecular flexibility index (Phi) is 2.21. The molecule has 0 unspecified atom stereocenters. The van der Waals surface area contributed by atoms with E-state index >= 15 is 0 Å². The van der Waals surface area contributed by atoms with Gasteiger partial charge in [-0.05, 0) is 19.4 Å². The highest BCUT2D eigenvalue weighted by molar-refractivity contribution is 5.10. The first-order valence-electron chi connectivity index (χ1n) is 2.27. The molecule has 0 aromatic carbocycles. The minimum atomic E-state index is 0. The molecule has 0 fully saturated rings. The summed E-state index contributed by atoms with van der Waals surface area (Å²) in [6, 6.07) is 0. The molecule has 0 spiro atoms. The van der Waals surface area contributed by atoms with Gasteiger partial charge in [-0.2, -0.15) is 5.10 Å². The normalized spacial score (nSPS) is 8.25. The molecule has 3 nitrogen and oxygen atoms in total. The van der Waals surface area contributed by atoms with Gasteiger partial charge < -0.3 is 5.48 Å².